The Labute approximate surface area is 178 Å². The molecule has 0 bridgehead atoms. The molecule has 1 aromatic carbocycles. The lowest BCUT2D eigenvalue weighted by Gasteiger charge is -2.21. The van der Waals surface area contributed by atoms with Crippen molar-refractivity contribution >= 4 is 63.2 Å². The van der Waals surface area contributed by atoms with Crippen molar-refractivity contribution in [2.45, 2.75) is 38.8 Å². The summed E-state index contributed by atoms with van der Waals surface area (Å²) in [5.74, 6) is -1.82. The standard InChI is InChI=1S/C16H20I2N2O6/c1-16(2,3)26-15(25)19-7-12(21)20-11(6-13(22)23)9-4-8(17)5-10(18)14(9)24/h4-5,11,24H,6-7H2,1-3H3,(H,19,25)(H,20,21)(H,22,23)/t11-/m0/s1. The molecule has 10 heteroatoms. The molecule has 1 aromatic rings. The molecule has 0 aromatic heterocycles. The number of carbonyl (C=O) groups is 3. The number of phenolic OH excluding ortho intramolecular Hbond substituents is 1. The fraction of sp³-hybridized carbons (Fsp3) is 0.438. The predicted octanol–water partition coefficient (Wildman–Crippen LogP) is 2.76. The van der Waals surface area contributed by atoms with Crippen molar-refractivity contribution in [1.82, 2.24) is 10.6 Å². The Hall–Kier alpha value is -1.31. The molecule has 26 heavy (non-hydrogen) atoms. The van der Waals surface area contributed by atoms with Gasteiger partial charge in [0.05, 0.1) is 16.0 Å². The van der Waals surface area contributed by atoms with Gasteiger partial charge in [0, 0.05) is 9.13 Å². The number of nitrogens with one attached hydrogen (secondary N) is 2. The van der Waals surface area contributed by atoms with E-state index in [1.807, 2.05) is 45.2 Å². The van der Waals surface area contributed by atoms with Crippen LogP contribution in [-0.2, 0) is 14.3 Å². The molecular weight excluding hydrogens is 570 g/mol. The van der Waals surface area contributed by atoms with E-state index in [0.717, 1.165) is 3.57 Å². The summed E-state index contributed by atoms with van der Waals surface area (Å²) >= 11 is 3.96. The number of halogens is 2. The molecule has 144 valence electrons. The molecule has 0 aliphatic rings. The normalized spacial score (nSPS) is 12.2. The predicted molar refractivity (Wildman–Crippen MR) is 111 cm³/mol. The van der Waals surface area contributed by atoms with Crippen LogP contribution in [0.3, 0.4) is 0 Å². The third-order valence-corrected chi connectivity index (χ3v) is 4.38. The van der Waals surface area contributed by atoms with Crippen LogP contribution in [0.5, 0.6) is 5.75 Å². The van der Waals surface area contributed by atoms with E-state index in [9.17, 15) is 19.5 Å². The maximum Gasteiger partial charge on any atom is 0.408 e. The average molecular weight is 590 g/mol. The highest BCUT2D eigenvalue weighted by Crippen LogP contribution is 2.32. The van der Waals surface area contributed by atoms with Crippen LogP contribution in [0, 0.1) is 7.14 Å². The maximum absolute atomic E-state index is 12.1. The van der Waals surface area contributed by atoms with E-state index in [0.29, 0.717) is 9.13 Å². The zero-order valence-corrected chi connectivity index (χ0v) is 18.7. The molecule has 8 nitrogen and oxygen atoms in total. The van der Waals surface area contributed by atoms with Gasteiger partial charge in [-0.3, -0.25) is 9.59 Å². The maximum atomic E-state index is 12.1. The molecule has 0 aliphatic carbocycles. The first kappa shape index (κ1) is 22.7. The molecule has 2 amide bonds. The van der Waals surface area contributed by atoms with Gasteiger partial charge in [0.1, 0.15) is 17.9 Å². The molecule has 0 radical (unpaired) electrons. The van der Waals surface area contributed by atoms with Crippen LogP contribution in [0.15, 0.2) is 12.1 Å². The quantitative estimate of drug-likeness (QED) is 0.378. The Bertz CT molecular complexity index is 703. The van der Waals surface area contributed by atoms with Gasteiger partial charge in [-0.1, -0.05) is 0 Å². The fourth-order valence-electron chi connectivity index (χ4n) is 1.98. The Balaban J connectivity index is 2.84. The molecule has 0 aliphatic heterocycles. The van der Waals surface area contributed by atoms with Crippen molar-refractivity contribution < 1.29 is 29.3 Å². The molecule has 0 heterocycles. The Morgan fingerprint density at radius 3 is 2.38 bits per heavy atom. The lowest BCUT2D eigenvalue weighted by atomic mass is 10.0. The molecule has 0 spiro atoms. The number of amides is 2. The van der Waals surface area contributed by atoms with Gasteiger partial charge in [-0.2, -0.15) is 0 Å². The summed E-state index contributed by atoms with van der Waals surface area (Å²) in [5, 5.41) is 24.1. The first-order valence-electron chi connectivity index (χ1n) is 7.55. The van der Waals surface area contributed by atoms with Gasteiger partial charge in [0.15, 0.2) is 0 Å². The number of phenols is 1. The van der Waals surface area contributed by atoms with Gasteiger partial charge >= 0.3 is 12.1 Å². The van der Waals surface area contributed by atoms with Crippen molar-refractivity contribution in [3.8, 4) is 5.75 Å². The Kier molecular flexibility index (Phi) is 8.37. The number of hydrogen-bond acceptors (Lipinski definition) is 5. The van der Waals surface area contributed by atoms with Crippen molar-refractivity contribution in [2.24, 2.45) is 0 Å². The van der Waals surface area contributed by atoms with Crippen molar-refractivity contribution in [1.29, 1.82) is 0 Å². The van der Waals surface area contributed by atoms with E-state index in [1.165, 1.54) is 0 Å². The van der Waals surface area contributed by atoms with Crippen LogP contribution in [0.25, 0.3) is 0 Å². The highest BCUT2D eigenvalue weighted by molar-refractivity contribution is 14.1. The third-order valence-electron chi connectivity index (χ3n) is 2.94. The number of carbonyl (C=O) groups excluding carboxylic acids is 2. The van der Waals surface area contributed by atoms with Gasteiger partial charge in [-0.05, 0) is 78.1 Å². The number of aliphatic carboxylic acids is 1. The van der Waals surface area contributed by atoms with Crippen LogP contribution in [0.2, 0.25) is 0 Å². The molecule has 1 rings (SSSR count). The third kappa shape index (κ3) is 7.93. The number of benzene rings is 1. The summed E-state index contributed by atoms with van der Waals surface area (Å²) in [6.07, 6.45) is -1.17. The SMILES string of the molecule is CC(C)(C)OC(=O)NCC(=O)N[C@@H](CC(=O)O)c1cc(I)cc(I)c1O. The molecule has 4 N–H and O–H groups in total. The van der Waals surface area contributed by atoms with E-state index < -0.39 is 36.0 Å². The molecule has 0 saturated carbocycles. The first-order valence-corrected chi connectivity index (χ1v) is 9.70. The number of ether oxygens (including phenoxy) is 1. The monoisotopic (exact) mass is 590 g/mol. The average Bonchev–Trinajstić information content (AvgIpc) is 2.46. The van der Waals surface area contributed by atoms with E-state index in [1.54, 1.807) is 32.9 Å². The van der Waals surface area contributed by atoms with Gasteiger partial charge in [0.2, 0.25) is 5.91 Å². The second kappa shape index (κ2) is 9.58. The number of hydrogen-bond donors (Lipinski definition) is 4. The van der Waals surface area contributed by atoms with E-state index in [4.69, 9.17) is 9.84 Å². The molecular formula is C16H20I2N2O6. The zero-order chi connectivity index (χ0) is 20.1. The van der Waals surface area contributed by atoms with Crippen LogP contribution in [-0.4, -0.2) is 40.3 Å². The molecule has 0 saturated heterocycles. The van der Waals surface area contributed by atoms with E-state index in [2.05, 4.69) is 10.6 Å². The first-order chi connectivity index (χ1) is 11.9. The van der Waals surface area contributed by atoms with Gasteiger partial charge in [-0.15, -0.1) is 0 Å². The second-order valence-electron chi connectivity index (χ2n) is 6.40. The minimum atomic E-state index is -1.14. The number of alkyl carbamates (subject to hydrolysis) is 1. The summed E-state index contributed by atoms with van der Waals surface area (Å²) in [6, 6.07) is 2.39. The van der Waals surface area contributed by atoms with E-state index in [-0.39, 0.29) is 12.3 Å². The van der Waals surface area contributed by atoms with Crippen molar-refractivity contribution in [3.63, 3.8) is 0 Å². The van der Waals surface area contributed by atoms with Crippen molar-refractivity contribution in [2.75, 3.05) is 6.54 Å². The minimum absolute atomic E-state index is 0.0855. The van der Waals surface area contributed by atoms with Crippen LogP contribution in [0.4, 0.5) is 4.79 Å². The number of carboxylic acid groups (broad SMARTS) is 1. The largest absolute Gasteiger partial charge is 0.506 e. The van der Waals surface area contributed by atoms with Gasteiger partial charge in [-0.25, -0.2) is 4.79 Å². The number of rotatable bonds is 6. The lowest BCUT2D eigenvalue weighted by Crippen LogP contribution is -2.41. The lowest BCUT2D eigenvalue weighted by molar-refractivity contribution is -0.137. The molecule has 0 fully saturated rings. The summed E-state index contributed by atoms with van der Waals surface area (Å²) in [4.78, 5) is 34.8. The summed E-state index contributed by atoms with van der Waals surface area (Å²) in [6.45, 7) is 4.69. The van der Waals surface area contributed by atoms with Crippen LogP contribution < -0.4 is 10.6 Å². The van der Waals surface area contributed by atoms with Crippen LogP contribution >= 0.6 is 45.2 Å². The van der Waals surface area contributed by atoms with Crippen molar-refractivity contribution in [3.05, 3.63) is 24.8 Å². The second-order valence-corrected chi connectivity index (χ2v) is 8.81. The smallest absolute Gasteiger partial charge is 0.408 e. The minimum Gasteiger partial charge on any atom is -0.506 e. The number of aromatic hydroxyl groups is 1. The van der Waals surface area contributed by atoms with Gasteiger partial charge < -0.3 is 25.6 Å². The highest BCUT2D eigenvalue weighted by Gasteiger charge is 2.23. The molecule has 1 atom stereocenters. The van der Waals surface area contributed by atoms with Gasteiger partial charge in [0.25, 0.3) is 0 Å². The number of carboxylic acids is 1. The van der Waals surface area contributed by atoms with E-state index >= 15 is 0 Å². The molecule has 0 unspecified atom stereocenters. The Morgan fingerprint density at radius 2 is 1.85 bits per heavy atom. The summed E-state index contributed by atoms with van der Waals surface area (Å²) in [5.41, 5.74) is -0.399. The topological polar surface area (TPSA) is 125 Å². The zero-order valence-electron chi connectivity index (χ0n) is 14.4. The highest BCUT2D eigenvalue weighted by atomic mass is 127. The Morgan fingerprint density at radius 1 is 1.23 bits per heavy atom. The fourth-order valence-corrected chi connectivity index (χ4v) is 3.87. The summed E-state index contributed by atoms with van der Waals surface area (Å²) < 4.78 is 6.36. The summed E-state index contributed by atoms with van der Waals surface area (Å²) in [7, 11) is 0. The van der Waals surface area contributed by atoms with Crippen LogP contribution in [0.1, 0.15) is 38.8 Å².